The molecule has 1 amide bonds. The van der Waals surface area contributed by atoms with E-state index in [0.29, 0.717) is 6.42 Å². The molecule has 0 radical (unpaired) electrons. The minimum Gasteiger partial charge on any atom is -0.467 e. The molecular formula is C11H22N2O4. The van der Waals surface area contributed by atoms with Gasteiger partial charge in [-0.3, -0.25) is 0 Å². The Morgan fingerprint density at radius 3 is 2.24 bits per heavy atom. The first-order chi connectivity index (χ1) is 7.65. The first-order valence-electron chi connectivity index (χ1n) is 5.48. The van der Waals surface area contributed by atoms with Crippen molar-refractivity contribution in [2.75, 3.05) is 7.11 Å². The van der Waals surface area contributed by atoms with E-state index in [9.17, 15) is 9.59 Å². The van der Waals surface area contributed by atoms with Crippen LogP contribution in [0.15, 0.2) is 0 Å². The number of carbonyl (C=O) groups excluding carboxylic acids is 2. The topological polar surface area (TPSA) is 90.6 Å². The zero-order chi connectivity index (χ0) is 13.6. The third kappa shape index (κ3) is 7.57. The highest BCUT2D eigenvalue weighted by Crippen LogP contribution is 2.08. The summed E-state index contributed by atoms with van der Waals surface area (Å²) in [6, 6.07) is -1.01. The number of amides is 1. The van der Waals surface area contributed by atoms with Gasteiger partial charge in [-0.15, -0.1) is 0 Å². The lowest BCUT2D eigenvalue weighted by atomic mass is 10.1. The van der Waals surface area contributed by atoms with Gasteiger partial charge in [0.15, 0.2) is 0 Å². The third-order valence-electron chi connectivity index (χ3n) is 1.78. The fourth-order valence-corrected chi connectivity index (χ4v) is 1.18. The van der Waals surface area contributed by atoms with Gasteiger partial charge in [-0.25, -0.2) is 9.59 Å². The number of rotatable bonds is 4. The maximum Gasteiger partial charge on any atom is 0.408 e. The van der Waals surface area contributed by atoms with E-state index in [1.807, 2.05) is 0 Å². The Bertz CT molecular complexity index is 271. The molecule has 0 unspecified atom stereocenters. The summed E-state index contributed by atoms with van der Waals surface area (Å²) in [7, 11) is 1.26. The summed E-state index contributed by atoms with van der Waals surface area (Å²) in [4.78, 5) is 22.9. The molecule has 6 heteroatoms. The van der Waals surface area contributed by atoms with Gasteiger partial charge in [0.2, 0.25) is 0 Å². The first-order valence-corrected chi connectivity index (χ1v) is 5.48. The Morgan fingerprint density at radius 2 is 1.88 bits per heavy atom. The standard InChI is InChI=1S/C11H22N2O4/c1-7(12)6-8(9(14)16-5)13-10(15)17-11(2,3)4/h7-8H,6,12H2,1-5H3,(H,13,15)/t7-,8-/m0/s1. The molecule has 100 valence electrons. The molecule has 17 heavy (non-hydrogen) atoms. The molecule has 0 fully saturated rings. The summed E-state index contributed by atoms with van der Waals surface area (Å²) in [6.07, 6.45) is -0.361. The van der Waals surface area contributed by atoms with Gasteiger partial charge >= 0.3 is 12.1 Å². The van der Waals surface area contributed by atoms with Crippen LogP contribution >= 0.6 is 0 Å². The van der Waals surface area contributed by atoms with Crippen LogP contribution in [0.4, 0.5) is 4.79 Å². The Morgan fingerprint density at radius 1 is 1.35 bits per heavy atom. The summed E-state index contributed by atoms with van der Waals surface area (Å²) in [5, 5.41) is 2.44. The average molecular weight is 246 g/mol. The highest BCUT2D eigenvalue weighted by molar-refractivity contribution is 5.81. The summed E-state index contributed by atoms with van der Waals surface area (Å²) in [5.41, 5.74) is 4.98. The minimum atomic E-state index is -0.783. The molecule has 0 saturated heterocycles. The van der Waals surface area contributed by atoms with Gasteiger partial charge in [0.05, 0.1) is 7.11 Å². The predicted octanol–water partition coefficient (Wildman–Crippen LogP) is 0.790. The molecule has 0 aliphatic rings. The van der Waals surface area contributed by atoms with Crippen molar-refractivity contribution in [2.24, 2.45) is 5.73 Å². The zero-order valence-corrected chi connectivity index (χ0v) is 11.1. The van der Waals surface area contributed by atoms with Crippen LogP contribution in [-0.2, 0) is 14.3 Å². The smallest absolute Gasteiger partial charge is 0.408 e. The van der Waals surface area contributed by atoms with Crippen LogP contribution in [0.5, 0.6) is 0 Å². The van der Waals surface area contributed by atoms with Gasteiger partial charge in [-0.2, -0.15) is 0 Å². The van der Waals surface area contributed by atoms with Gasteiger partial charge in [-0.05, 0) is 34.1 Å². The Kier molecular flexibility index (Phi) is 5.95. The molecule has 0 aliphatic heterocycles. The molecule has 0 aliphatic carbocycles. The van der Waals surface area contributed by atoms with E-state index in [4.69, 9.17) is 10.5 Å². The van der Waals surface area contributed by atoms with Gasteiger partial charge in [0.25, 0.3) is 0 Å². The fourth-order valence-electron chi connectivity index (χ4n) is 1.18. The SMILES string of the molecule is COC(=O)[C@H](C[C@H](C)N)NC(=O)OC(C)(C)C. The van der Waals surface area contributed by atoms with E-state index in [2.05, 4.69) is 10.1 Å². The predicted molar refractivity (Wildman–Crippen MR) is 63.4 cm³/mol. The normalized spacial score (nSPS) is 14.7. The maximum atomic E-state index is 11.5. The number of nitrogens with one attached hydrogen (secondary N) is 1. The fraction of sp³-hybridized carbons (Fsp3) is 0.818. The molecule has 3 N–H and O–H groups in total. The summed E-state index contributed by atoms with van der Waals surface area (Å²) >= 11 is 0. The molecule has 0 aromatic rings. The number of hydrogen-bond acceptors (Lipinski definition) is 5. The number of methoxy groups -OCH3 is 1. The number of alkyl carbamates (subject to hydrolysis) is 1. The van der Waals surface area contributed by atoms with Gasteiger partial charge in [0.1, 0.15) is 11.6 Å². The van der Waals surface area contributed by atoms with Crippen LogP contribution in [0, 0.1) is 0 Å². The lowest BCUT2D eigenvalue weighted by Crippen LogP contribution is -2.46. The van der Waals surface area contributed by atoms with Crippen LogP contribution in [0.1, 0.15) is 34.1 Å². The zero-order valence-electron chi connectivity index (χ0n) is 11.1. The molecule has 2 atom stereocenters. The van der Waals surface area contributed by atoms with Crippen LogP contribution in [0.25, 0.3) is 0 Å². The van der Waals surface area contributed by atoms with Crippen LogP contribution in [-0.4, -0.2) is 36.9 Å². The van der Waals surface area contributed by atoms with Crippen molar-refractivity contribution in [3.05, 3.63) is 0 Å². The lowest BCUT2D eigenvalue weighted by molar-refractivity contribution is -0.143. The summed E-state index contributed by atoms with van der Waals surface area (Å²) in [6.45, 7) is 6.97. The number of nitrogens with two attached hydrogens (primary N) is 1. The Hall–Kier alpha value is -1.30. The number of esters is 1. The van der Waals surface area contributed by atoms with Crippen molar-refractivity contribution < 1.29 is 19.1 Å². The van der Waals surface area contributed by atoms with E-state index in [1.54, 1.807) is 27.7 Å². The third-order valence-corrected chi connectivity index (χ3v) is 1.78. The monoisotopic (exact) mass is 246 g/mol. The maximum absolute atomic E-state index is 11.5. The van der Waals surface area contributed by atoms with Crippen molar-refractivity contribution in [1.82, 2.24) is 5.32 Å². The van der Waals surface area contributed by atoms with E-state index < -0.39 is 23.7 Å². The molecule has 0 spiro atoms. The van der Waals surface area contributed by atoms with Crippen LogP contribution in [0.3, 0.4) is 0 Å². The lowest BCUT2D eigenvalue weighted by Gasteiger charge is -2.23. The van der Waals surface area contributed by atoms with E-state index in [1.165, 1.54) is 7.11 Å². The Balaban J connectivity index is 4.43. The Labute approximate surface area is 102 Å². The molecule has 0 rings (SSSR count). The van der Waals surface area contributed by atoms with Crippen molar-refractivity contribution >= 4 is 12.1 Å². The molecule has 0 aromatic heterocycles. The van der Waals surface area contributed by atoms with E-state index in [-0.39, 0.29) is 6.04 Å². The molecule has 0 aromatic carbocycles. The quantitative estimate of drug-likeness (QED) is 0.716. The van der Waals surface area contributed by atoms with Crippen LogP contribution in [0.2, 0.25) is 0 Å². The number of hydrogen-bond donors (Lipinski definition) is 2. The van der Waals surface area contributed by atoms with Crippen molar-refractivity contribution in [2.45, 2.75) is 51.8 Å². The number of carbonyl (C=O) groups is 2. The minimum absolute atomic E-state index is 0.228. The van der Waals surface area contributed by atoms with Crippen molar-refractivity contribution in [1.29, 1.82) is 0 Å². The molecule has 0 bridgehead atoms. The van der Waals surface area contributed by atoms with Crippen molar-refractivity contribution in [3.8, 4) is 0 Å². The molecule has 0 saturated carbocycles. The molecule has 6 nitrogen and oxygen atoms in total. The molecular weight excluding hydrogens is 224 g/mol. The second kappa shape index (κ2) is 6.44. The van der Waals surface area contributed by atoms with Gasteiger partial charge in [-0.1, -0.05) is 0 Å². The summed E-state index contributed by atoms with van der Waals surface area (Å²) in [5.74, 6) is -0.534. The molecule has 0 heterocycles. The highest BCUT2D eigenvalue weighted by Gasteiger charge is 2.25. The van der Waals surface area contributed by atoms with E-state index >= 15 is 0 Å². The average Bonchev–Trinajstić information content (AvgIpc) is 2.11. The van der Waals surface area contributed by atoms with Gasteiger partial charge in [0, 0.05) is 6.04 Å². The second-order valence-corrected chi connectivity index (χ2v) is 4.93. The second-order valence-electron chi connectivity index (χ2n) is 4.93. The number of ether oxygens (including phenoxy) is 2. The van der Waals surface area contributed by atoms with Crippen LogP contribution < -0.4 is 11.1 Å². The highest BCUT2D eigenvalue weighted by atomic mass is 16.6. The largest absolute Gasteiger partial charge is 0.467 e. The van der Waals surface area contributed by atoms with Crippen molar-refractivity contribution in [3.63, 3.8) is 0 Å². The first kappa shape index (κ1) is 15.7. The van der Waals surface area contributed by atoms with Gasteiger partial charge < -0.3 is 20.5 Å². The summed E-state index contributed by atoms with van der Waals surface area (Å²) < 4.78 is 9.63. The van der Waals surface area contributed by atoms with E-state index in [0.717, 1.165) is 0 Å².